The number of aliphatic carboxylic acids is 1. The molecule has 10 heteroatoms. The fourth-order valence-electron chi connectivity index (χ4n) is 6.38. The molecule has 8 nitrogen and oxygen atoms in total. The Morgan fingerprint density at radius 1 is 0.929 bits per heavy atom. The van der Waals surface area contributed by atoms with Crippen molar-refractivity contribution in [2.45, 2.75) is 70.6 Å². The summed E-state index contributed by atoms with van der Waals surface area (Å²) in [5.74, 6) is -1.66. The Balaban J connectivity index is 1.65. The first kappa shape index (κ1) is 30.2. The van der Waals surface area contributed by atoms with E-state index in [9.17, 15) is 27.9 Å². The molecule has 0 bridgehead atoms. The lowest BCUT2D eigenvalue weighted by Gasteiger charge is -2.49. The van der Waals surface area contributed by atoms with Gasteiger partial charge in [0.1, 0.15) is 4.90 Å². The van der Waals surface area contributed by atoms with E-state index in [1.54, 1.807) is 30.3 Å². The number of nitrogens with zero attached hydrogens (tertiary/aromatic N) is 1. The molecule has 0 unspecified atom stereocenters. The average molecular weight is 657 g/mol. The summed E-state index contributed by atoms with van der Waals surface area (Å²) in [4.78, 5) is 41.3. The van der Waals surface area contributed by atoms with Gasteiger partial charge in [-0.1, -0.05) is 52.0 Å². The monoisotopic (exact) mass is 655 g/mol. The predicted molar refractivity (Wildman–Crippen MR) is 160 cm³/mol. The first-order chi connectivity index (χ1) is 19.6. The number of halogens is 1. The lowest BCUT2D eigenvalue weighted by atomic mass is 9.63. The van der Waals surface area contributed by atoms with Crippen LogP contribution in [0, 0.1) is 10.8 Å². The predicted octanol–water partition coefficient (Wildman–Crippen LogP) is 6.38. The number of Topliss-reactive ketones (excluding diaryl/α,β-unsaturated/α-hetero) is 2. The molecule has 0 amide bonds. The van der Waals surface area contributed by atoms with Gasteiger partial charge in [-0.2, -0.15) is 8.42 Å². The minimum atomic E-state index is -4.09. The van der Waals surface area contributed by atoms with Gasteiger partial charge in [-0.3, -0.25) is 14.4 Å². The summed E-state index contributed by atoms with van der Waals surface area (Å²) >= 11 is 3.47. The van der Waals surface area contributed by atoms with Crippen LogP contribution in [0.3, 0.4) is 0 Å². The summed E-state index contributed by atoms with van der Waals surface area (Å²) in [5.41, 5.74) is 2.57. The number of allylic oxidation sites excluding steroid dienone is 4. The van der Waals surface area contributed by atoms with Crippen molar-refractivity contribution < 1.29 is 32.1 Å². The Hall–Kier alpha value is -3.24. The summed E-state index contributed by atoms with van der Waals surface area (Å²) < 4.78 is 31.6. The molecule has 0 atom stereocenters. The Morgan fingerprint density at radius 2 is 1.48 bits per heavy atom. The standard InChI is InChI=1S/C32H34BrNO7S/c1-31(2)15-22-29(24(35)17-31)28(30-23(34(22)13-12-27(37)38)16-32(3,4)18-25(30)36)19-10-11-26(21(33)14-19)41-42(39,40)20-8-6-5-7-9-20/h5-11,14,28H,12-13,15-18H2,1-4H3,(H,37,38). The van der Waals surface area contributed by atoms with Crippen LogP contribution in [-0.4, -0.2) is 42.5 Å². The van der Waals surface area contributed by atoms with Gasteiger partial charge in [0.15, 0.2) is 17.3 Å². The second-order valence-electron chi connectivity index (χ2n) is 12.9. The highest BCUT2D eigenvalue weighted by Gasteiger charge is 2.49. The van der Waals surface area contributed by atoms with Gasteiger partial charge in [0.05, 0.1) is 10.9 Å². The van der Waals surface area contributed by atoms with Gasteiger partial charge in [0.25, 0.3) is 0 Å². The number of carboxylic acids is 1. The van der Waals surface area contributed by atoms with E-state index in [0.29, 0.717) is 46.9 Å². The van der Waals surface area contributed by atoms with Crippen LogP contribution in [-0.2, 0) is 24.5 Å². The van der Waals surface area contributed by atoms with Gasteiger partial charge < -0.3 is 14.2 Å². The van der Waals surface area contributed by atoms with E-state index in [-0.39, 0.29) is 46.0 Å². The molecule has 42 heavy (non-hydrogen) atoms. The van der Waals surface area contributed by atoms with Crippen molar-refractivity contribution in [1.29, 1.82) is 0 Å². The van der Waals surface area contributed by atoms with Crippen LogP contribution in [0.2, 0.25) is 0 Å². The molecule has 0 aromatic heterocycles. The van der Waals surface area contributed by atoms with Crippen LogP contribution >= 0.6 is 15.9 Å². The van der Waals surface area contributed by atoms with E-state index < -0.39 is 22.0 Å². The van der Waals surface area contributed by atoms with Crippen molar-refractivity contribution >= 4 is 43.6 Å². The van der Waals surface area contributed by atoms with Gasteiger partial charge in [-0.05, 0) is 69.4 Å². The van der Waals surface area contributed by atoms with Crippen molar-refractivity contribution in [3.8, 4) is 5.75 Å². The number of rotatable bonds is 7. The highest BCUT2D eigenvalue weighted by molar-refractivity contribution is 9.10. The van der Waals surface area contributed by atoms with E-state index in [2.05, 4.69) is 15.9 Å². The molecular formula is C32H34BrNO7S. The molecule has 222 valence electrons. The molecular weight excluding hydrogens is 622 g/mol. The minimum absolute atomic E-state index is 0.0186. The Bertz CT molecular complexity index is 1600. The smallest absolute Gasteiger partial charge is 0.339 e. The van der Waals surface area contributed by atoms with Gasteiger partial charge in [0, 0.05) is 47.8 Å². The highest BCUT2D eigenvalue weighted by Crippen LogP contribution is 2.54. The van der Waals surface area contributed by atoms with E-state index in [1.165, 1.54) is 18.2 Å². The SMILES string of the molecule is CC1(C)CC(=O)C2=C(C1)N(CCC(=O)O)C1=C(C(=O)CC(C)(C)C1)C2c1ccc(OS(=O)(=O)c2ccccc2)c(Br)c1. The van der Waals surface area contributed by atoms with Gasteiger partial charge in [-0.15, -0.1) is 0 Å². The maximum Gasteiger partial charge on any atom is 0.339 e. The molecule has 0 fully saturated rings. The van der Waals surface area contributed by atoms with E-state index in [4.69, 9.17) is 4.18 Å². The molecule has 1 N–H and O–H groups in total. The van der Waals surface area contributed by atoms with Crippen molar-refractivity contribution in [2.24, 2.45) is 10.8 Å². The van der Waals surface area contributed by atoms with E-state index in [1.807, 2.05) is 32.6 Å². The lowest BCUT2D eigenvalue weighted by molar-refractivity contribution is -0.137. The molecule has 0 saturated carbocycles. The lowest BCUT2D eigenvalue weighted by Crippen LogP contribution is -2.45. The summed E-state index contributed by atoms with van der Waals surface area (Å²) in [5, 5.41) is 9.53. The van der Waals surface area contributed by atoms with Crippen LogP contribution < -0.4 is 4.18 Å². The van der Waals surface area contributed by atoms with Gasteiger partial charge in [-0.25, -0.2) is 0 Å². The van der Waals surface area contributed by atoms with Gasteiger partial charge >= 0.3 is 16.1 Å². The molecule has 1 heterocycles. The number of benzene rings is 2. The number of hydrogen-bond acceptors (Lipinski definition) is 7. The number of hydrogen-bond donors (Lipinski definition) is 1. The Kier molecular flexibility index (Phi) is 7.77. The zero-order valence-corrected chi connectivity index (χ0v) is 26.5. The third kappa shape index (κ3) is 5.83. The van der Waals surface area contributed by atoms with Crippen LogP contribution in [0.1, 0.15) is 71.3 Å². The number of carboxylic acid groups (broad SMARTS) is 1. The summed E-state index contributed by atoms with van der Waals surface area (Å²) in [7, 11) is -4.09. The Morgan fingerprint density at radius 3 is 1.98 bits per heavy atom. The van der Waals surface area contributed by atoms with Crippen LogP contribution in [0.4, 0.5) is 0 Å². The largest absolute Gasteiger partial charge is 0.481 e. The fourth-order valence-corrected chi connectivity index (χ4v) is 7.93. The first-order valence-electron chi connectivity index (χ1n) is 13.9. The molecule has 0 spiro atoms. The van der Waals surface area contributed by atoms with Crippen molar-refractivity contribution in [1.82, 2.24) is 4.90 Å². The summed E-state index contributed by atoms with van der Waals surface area (Å²) in [6.07, 6.45) is 1.60. The fraction of sp³-hybridized carbons (Fsp3) is 0.406. The molecule has 0 radical (unpaired) electrons. The highest BCUT2D eigenvalue weighted by atomic mass is 79.9. The minimum Gasteiger partial charge on any atom is -0.481 e. The third-order valence-corrected chi connectivity index (χ3v) is 9.96. The van der Waals surface area contributed by atoms with E-state index in [0.717, 1.165) is 11.4 Å². The molecule has 2 aromatic carbocycles. The maximum atomic E-state index is 13.9. The van der Waals surface area contributed by atoms with Crippen molar-refractivity contribution in [2.75, 3.05) is 6.54 Å². The summed E-state index contributed by atoms with van der Waals surface area (Å²) in [6, 6.07) is 12.8. The zero-order chi connectivity index (χ0) is 30.6. The molecule has 3 aliphatic rings. The maximum absolute atomic E-state index is 13.9. The Labute approximate surface area is 254 Å². The molecule has 0 saturated heterocycles. The molecule has 2 aliphatic carbocycles. The quantitative estimate of drug-likeness (QED) is 0.342. The molecule has 1 aliphatic heterocycles. The number of carbonyl (C=O) groups excluding carboxylic acids is 2. The normalized spacial score (nSPS) is 20.4. The second kappa shape index (κ2) is 10.8. The first-order valence-corrected chi connectivity index (χ1v) is 16.1. The van der Waals surface area contributed by atoms with Gasteiger partial charge in [0.2, 0.25) is 0 Å². The van der Waals surface area contributed by atoms with Crippen molar-refractivity contribution in [3.05, 3.63) is 81.1 Å². The number of ketones is 2. The zero-order valence-electron chi connectivity index (χ0n) is 24.1. The van der Waals surface area contributed by atoms with Crippen molar-refractivity contribution in [3.63, 3.8) is 0 Å². The van der Waals surface area contributed by atoms with Crippen LogP contribution in [0.25, 0.3) is 0 Å². The second-order valence-corrected chi connectivity index (χ2v) is 15.3. The third-order valence-electron chi connectivity index (χ3n) is 8.09. The topological polar surface area (TPSA) is 118 Å². The molecule has 2 aromatic rings. The van der Waals surface area contributed by atoms with Crippen LogP contribution in [0.5, 0.6) is 5.75 Å². The number of carbonyl (C=O) groups is 3. The average Bonchev–Trinajstić information content (AvgIpc) is 2.87. The summed E-state index contributed by atoms with van der Waals surface area (Å²) in [6.45, 7) is 8.26. The van der Waals surface area contributed by atoms with E-state index >= 15 is 0 Å². The molecule has 5 rings (SSSR count). The van der Waals surface area contributed by atoms with Crippen LogP contribution in [0.15, 0.2) is 80.4 Å².